The zero-order chi connectivity index (χ0) is 8.01. The third-order valence-electron chi connectivity index (χ3n) is 2.17. The molecule has 58 valence electrons. The SMILES string of the molecule is CC1=CC2C=C2C(C(C)C)=N1. The largest absolute Gasteiger partial charge is 0.258 e. The molecule has 1 atom stereocenters. The van der Waals surface area contributed by atoms with Gasteiger partial charge in [0.2, 0.25) is 0 Å². The molecule has 1 heteroatoms. The van der Waals surface area contributed by atoms with Gasteiger partial charge in [-0.2, -0.15) is 0 Å². The Bertz CT molecular complexity index is 279. The highest BCUT2D eigenvalue weighted by Gasteiger charge is 2.31. The second-order valence-corrected chi connectivity index (χ2v) is 3.61. The number of aliphatic imine (C=N–C) groups is 1. The standard InChI is InChI=1S/C10H13N/c1-6(2)10-9-5-8(9)4-7(3)11-10/h4-6,8H,1-3H3. The molecule has 0 fully saturated rings. The van der Waals surface area contributed by atoms with Crippen molar-refractivity contribution >= 4 is 5.71 Å². The molecule has 2 rings (SSSR count). The summed E-state index contributed by atoms with van der Waals surface area (Å²) < 4.78 is 0. The zero-order valence-corrected chi connectivity index (χ0v) is 7.26. The van der Waals surface area contributed by atoms with Gasteiger partial charge >= 0.3 is 0 Å². The molecule has 0 spiro atoms. The molecule has 1 heterocycles. The summed E-state index contributed by atoms with van der Waals surface area (Å²) >= 11 is 0. The van der Waals surface area contributed by atoms with Crippen molar-refractivity contribution in [2.75, 3.05) is 0 Å². The normalized spacial score (nSPS) is 27.3. The lowest BCUT2D eigenvalue weighted by Crippen LogP contribution is -2.10. The first-order valence-corrected chi connectivity index (χ1v) is 4.17. The van der Waals surface area contributed by atoms with E-state index in [1.165, 1.54) is 17.0 Å². The summed E-state index contributed by atoms with van der Waals surface area (Å²) in [7, 11) is 0. The summed E-state index contributed by atoms with van der Waals surface area (Å²) in [6, 6.07) is 0. The van der Waals surface area contributed by atoms with Crippen molar-refractivity contribution in [3.05, 3.63) is 23.4 Å². The maximum atomic E-state index is 4.51. The fourth-order valence-corrected chi connectivity index (χ4v) is 1.55. The van der Waals surface area contributed by atoms with Gasteiger partial charge in [-0.1, -0.05) is 26.0 Å². The lowest BCUT2D eigenvalue weighted by atomic mass is 10.0. The molecule has 2 aliphatic rings. The number of fused-ring (bicyclic) bond motifs is 1. The first kappa shape index (κ1) is 6.84. The molecule has 0 N–H and O–H groups in total. The Labute approximate surface area is 67.5 Å². The Morgan fingerprint density at radius 3 is 2.73 bits per heavy atom. The molecule has 0 amide bonds. The van der Waals surface area contributed by atoms with Gasteiger partial charge in [-0.25, -0.2) is 0 Å². The van der Waals surface area contributed by atoms with E-state index >= 15 is 0 Å². The Balaban J connectivity index is 2.31. The molecule has 0 aromatic carbocycles. The minimum atomic E-state index is 0.579. The van der Waals surface area contributed by atoms with Crippen LogP contribution in [0.1, 0.15) is 20.8 Å². The van der Waals surface area contributed by atoms with Gasteiger partial charge in [0.1, 0.15) is 0 Å². The summed E-state index contributed by atoms with van der Waals surface area (Å²) in [5.41, 5.74) is 3.94. The van der Waals surface area contributed by atoms with Crippen LogP contribution in [-0.4, -0.2) is 5.71 Å². The van der Waals surface area contributed by atoms with Crippen LogP contribution in [-0.2, 0) is 0 Å². The van der Waals surface area contributed by atoms with E-state index in [1.54, 1.807) is 0 Å². The topological polar surface area (TPSA) is 12.4 Å². The average molecular weight is 147 g/mol. The highest BCUT2D eigenvalue weighted by Crippen LogP contribution is 2.38. The molecule has 0 saturated heterocycles. The quantitative estimate of drug-likeness (QED) is 0.540. The van der Waals surface area contributed by atoms with Crippen molar-refractivity contribution < 1.29 is 0 Å². The van der Waals surface area contributed by atoms with Crippen molar-refractivity contribution in [1.29, 1.82) is 0 Å². The van der Waals surface area contributed by atoms with E-state index in [9.17, 15) is 0 Å². The van der Waals surface area contributed by atoms with Crippen molar-refractivity contribution in [1.82, 2.24) is 0 Å². The second-order valence-electron chi connectivity index (χ2n) is 3.61. The first-order valence-electron chi connectivity index (χ1n) is 4.17. The van der Waals surface area contributed by atoms with E-state index in [0.717, 1.165) is 0 Å². The van der Waals surface area contributed by atoms with E-state index in [1.807, 2.05) is 0 Å². The molecule has 0 aromatic rings. The van der Waals surface area contributed by atoms with Gasteiger partial charge in [0.25, 0.3) is 0 Å². The fourth-order valence-electron chi connectivity index (χ4n) is 1.55. The number of hydrogen-bond acceptors (Lipinski definition) is 1. The van der Waals surface area contributed by atoms with Crippen LogP contribution in [0.15, 0.2) is 28.4 Å². The smallest absolute Gasteiger partial charge is 0.0470 e. The van der Waals surface area contributed by atoms with E-state index in [-0.39, 0.29) is 0 Å². The molecular formula is C10H13N. The van der Waals surface area contributed by atoms with Crippen molar-refractivity contribution in [2.24, 2.45) is 16.8 Å². The van der Waals surface area contributed by atoms with Crippen LogP contribution in [0.3, 0.4) is 0 Å². The van der Waals surface area contributed by atoms with Crippen LogP contribution in [0.2, 0.25) is 0 Å². The van der Waals surface area contributed by atoms with E-state index in [4.69, 9.17) is 0 Å². The summed E-state index contributed by atoms with van der Waals surface area (Å²) in [5, 5.41) is 0. The molecule has 1 unspecified atom stereocenters. The van der Waals surface area contributed by atoms with Gasteiger partial charge in [-0.3, -0.25) is 4.99 Å². The Morgan fingerprint density at radius 2 is 2.09 bits per heavy atom. The molecule has 11 heavy (non-hydrogen) atoms. The molecule has 0 bridgehead atoms. The number of allylic oxidation sites excluding steroid dienone is 4. The Kier molecular flexibility index (Phi) is 1.28. The van der Waals surface area contributed by atoms with Gasteiger partial charge in [0, 0.05) is 17.3 Å². The predicted octanol–water partition coefficient (Wildman–Crippen LogP) is 2.56. The van der Waals surface area contributed by atoms with Crippen molar-refractivity contribution in [2.45, 2.75) is 20.8 Å². The zero-order valence-electron chi connectivity index (χ0n) is 7.26. The number of rotatable bonds is 1. The summed E-state index contributed by atoms with van der Waals surface area (Å²) in [5.74, 6) is 1.22. The molecular weight excluding hydrogens is 134 g/mol. The minimum absolute atomic E-state index is 0.579. The van der Waals surface area contributed by atoms with E-state index in [2.05, 4.69) is 37.9 Å². The summed E-state index contributed by atoms with van der Waals surface area (Å²) in [6.45, 7) is 6.48. The van der Waals surface area contributed by atoms with Crippen LogP contribution >= 0.6 is 0 Å². The summed E-state index contributed by atoms with van der Waals surface area (Å²) in [4.78, 5) is 4.51. The number of nitrogens with zero attached hydrogens (tertiary/aromatic N) is 1. The lowest BCUT2D eigenvalue weighted by molar-refractivity contribution is 0.870. The highest BCUT2D eigenvalue weighted by molar-refractivity contribution is 6.07. The molecule has 0 radical (unpaired) electrons. The Morgan fingerprint density at radius 1 is 1.36 bits per heavy atom. The van der Waals surface area contributed by atoms with Crippen molar-refractivity contribution in [3.8, 4) is 0 Å². The van der Waals surface area contributed by atoms with Gasteiger partial charge < -0.3 is 0 Å². The van der Waals surface area contributed by atoms with Crippen LogP contribution in [0, 0.1) is 11.8 Å². The maximum absolute atomic E-state index is 4.51. The summed E-state index contributed by atoms with van der Waals surface area (Å²) in [6.07, 6.45) is 4.51. The third-order valence-corrected chi connectivity index (χ3v) is 2.17. The molecule has 0 aromatic heterocycles. The van der Waals surface area contributed by atoms with E-state index in [0.29, 0.717) is 11.8 Å². The van der Waals surface area contributed by atoms with Gasteiger partial charge in [0.15, 0.2) is 0 Å². The van der Waals surface area contributed by atoms with E-state index < -0.39 is 0 Å². The maximum Gasteiger partial charge on any atom is 0.0470 e. The van der Waals surface area contributed by atoms with Gasteiger partial charge in [-0.15, -0.1) is 0 Å². The first-order chi connectivity index (χ1) is 5.18. The van der Waals surface area contributed by atoms with Crippen LogP contribution < -0.4 is 0 Å². The van der Waals surface area contributed by atoms with Gasteiger partial charge in [-0.05, 0) is 18.4 Å². The average Bonchev–Trinajstić information content (AvgIpc) is 2.63. The minimum Gasteiger partial charge on any atom is -0.258 e. The lowest BCUT2D eigenvalue weighted by Gasteiger charge is -2.11. The van der Waals surface area contributed by atoms with Crippen LogP contribution in [0.25, 0.3) is 0 Å². The van der Waals surface area contributed by atoms with Crippen LogP contribution in [0.4, 0.5) is 0 Å². The predicted molar refractivity (Wildman–Crippen MR) is 47.6 cm³/mol. The highest BCUT2D eigenvalue weighted by atomic mass is 14.8. The molecule has 0 saturated carbocycles. The Hall–Kier alpha value is -0.850. The van der Waals surface area contributed by atoms with Gasteiger partial charge in [0.05, 0.1) is 0 Å². The van der Waals surface area contributed by atoms with Crippen LogP contribution in [0.5, 0.6) is 0 Å². The fraction of sp³-hybridized carbons (Fsp3) is 0.500. The van der Waals surface area contributed by atoms with Crippen molar-refractivity contribution in [3.63, 3.8) is 0 Å². The molecule has 1 aliphatic heterocycles. The second kappa shape index (κ2) is 2.07. The number of hydrogen-bond donors (Lipinski definition) is 0. The monoisotopic (exact) mass is 147 g/mol. The third kappa shape index (κ3) is 1.05. The molecule has 1 nitrogen and oxygen atoms in total. The molecule has 1 aliphatic carbocycles.